The first-order chi connectivity index (χ1) is 23.3. The molecule has 16 heteroatoms. The molecule has 3 aromatic rings. The SMILES string of the molecule is CN(C)c1ccc2nc3ccc(=[N+](C)C)cc-3sc2c1.O=C([O-])c1ccccc1-c1c2cc(Br)c(=O)c(Br)c-2oc2c(Br)c([O-])c(Br)cc12.[Cl-].[Na+].[Na+]. The summed E-state index contributed by atoms with van der Waals surface area (Å²) in [6, 6.07) is 22.3. The number of benzene rings is 5. The Morgan fingerprint density at radius 3 is 2.23 bits per heavy atom. The van der Waals surface area contributed by atoms with Gasteiger partial charge in [-0.1, -0.05) is 45.9 Å². The molecule has 0 aromatic heterocycles. The summed E-state index contributed by atoms with van der Waals surface area (Å²) >= 11 is 14.8. The summed E-state index contributed by atoms with van der Waals surface area (Å²) in [7, 11) is 8.24. The molecule has 7 rings (SSSR count). The van der Waals surface area contributed by atoms with E-state index in [1.807, 2.05) is 0 Å². The van der Waals surface area contributed by atoms with Gasteiger partial charge < -0.3 is 36.7 Å². The van der Waals surface area contributed by atoms with Gasteiger partial charge in [0, 0.05) is 58.5 Å². The topological polar surface area (TPSA) is 113 Å². The maximum atomic E-state index is 12.4. The Balaban J connectivity index is 0.000000281. The van der Waals surface area contributed by atoms with Gasteiger partial charge in [-0.3, -0.25) is 4.79 Å². The normalized spacial score (nSPS) is 10.5. The number of anilines is 1. The standard InChI is InChI=1S/C20H8Br4O5.C16H18N3S.ClH.2Na/c21-11-5-9-13(7-3-1-2-4-8(7)20(27)28)10-6-12(22)17(26)15(24)19(10)29-18(9)14(23)16(11)25;1-18(2)11-5-7-13-15(9-11)20-16-10-12(19(3)4)6-8-14(16)17-13;;;/h1-6,25H,(H,27,28);5-10H,1-4H3;1H;;/q;+1;;2*+1/p-3. The average molecular weight is 1010 g/mol. The van der Waals surface area contributed by atoms with E-state index in [-0.39, 0.29) is 117 Å². The van der Waals surface area contributed by atoms with E-state index in [1.165, 1.54) is 26.7 Å². The van der Waals surface area contributed by atoms with Crippen LogP contribution in [0.25, 0.3) is 54.2 Å². The van der Waals surface area contributed by atoms with Crippen molar-refractivity contribution in [3.05, 3.63) is 112 Å². The molecule has 4 aliphatic rings. The summed E-state index contributed by atoms with van der Waals surface area (Å²) in [5.74, 6) is -1.49. The minimum Gasteiger partial charge on any atom is -1.00 e. The van der Waals surface area contributed by atoms with Crippen LogP contribution in [-0.2, 0) is 0 Å². The predicted molar refractivity (Wildman–Crippen MR) is 207 cm³/mol. The summed E-state index contributed by atoms with van der Waals surface area (Å²) < 4.78 is 10.1. The van der Waals surface area contributed by atoms with Crippen LogP contribution in [-0.4, -0.2) is 39.1 Å². The van der Waals surface area contributed by atoms with Gasteiger partial charge in [-0.05, 0) is 89.8 Å². The van der Waals surface area contributed by atoms with Crippen LogP contribution in [0.3, 0.4) is 0 Å². The van der Waals surface area contributed by atoms with Crippen molar-refractivity contribution in [2.45, 2.75) is 0 Å². The van der Waals surface area contributed by atoms with E-state index in [0.717, 1.165) is 11.2 Å². The molecule has 2 aliphatic carbocycles. The number of hydrogen-bond acceptors (Lipinski definition) is 8. The van der Waals surface area contributed by atoms with Gasteiger partial charge >= 0.3 is 59.1 Å². The zero-order valence-electron chi connectivity index (χ0n) is 28.6. The first kappa shape index (κ1) is 45.1. The average Bonchev–Trinajstić information content (AvgIpc) is 3.08. The van der Waals surface area contributed by atoms with Crippen LogP contribution in [0.15, 0.2) is 99.9 Å². The number of rotatable bonds is 3. The van der Waals surface area contributed by atoms with Crippen LogP contribution in [0, 0.1) is 0 Å². The Labute approximate surface area is 387 Å². The van der Waals surface area contributed by atoms with Gasteiger partial charge in [0.2, 0.25) is 10.8 Å². The quantitative estimate of drug-likeness (QED) is 0.121. The van der Waals surface area contributed by atoms with E-state index in [1.54, 1.807) is 41.7 Å². The molecule has 0 N–H and O–H groups in total. The number of carbonyl (C=O) groups excluding carboxylic acids is 1. The molecule has 2 aliphatic heterocycles. The first-order valence-electron chi connectivity index (χ1n) is 14.5. The van der Waals surface area contributed by atoms with Crippen molar-refractivity contribution >= 4 is 108 Å². The Bertz CT molecular complexity index is 2540. The maximum absolute atomic E-state index is 12.4. The van der Waals surface area contributed by atoms with Crippen molar-refractivity contribution in [1.82, 2.24) is 9.56 Å². The van der Waals surface area contributed by atoms with Crippen molar-refractivity contribution in [2.75, 3.05) is 33.1 Å². The molecular formula is C36H24Br4ClN3Na2O5S. The number of aromatic carboxylic acids is 1. The number of carbonyl (C=O) groups is 1. The summed E-state index contributed by atoms with van der Waals surface area (Å²) in [4.78, 5) is 32.3. The summed E-state index contributed by atoms with van der Waals surface area (Å²) in [5, 5.41) is 25.9. The van der Waals surface area contributed by atoms with Crippen molar-refractivity contribution < 1.29 is 90.9 Å². The van der Waals surface area contributed by atoms with Crippen LogP contribution < -0.4 is 102 Å². The fraction of sp³-hybridized carbons (Fsp3) is 0.111. The van der Waals surface area contributed by atoms with E-state index in [2.05, 4.69) is 138 Å². The van der Waals surface area contributed by atoms with Gasteiger partial charge in [-0.2, -0.15) is 0 Å². The number of carboxylic acid groups (broad SMARTS) is 1. The molecule has 0 amide bonds. The Kier molecular flexibility index (Phi) is 16.1. The van der Waals surface area contributed by atoms with E-state index < -0.39 is 5.97 Å². The molecule has 3 aromatic carbocycles. The molecule has 256 valence electrons. The monoisotopic (exact) mass is 1010 g/mol. The number of halogens is 5. The van der Waals surface area contributed by atoms with Gasteiger partial charge in [-0.15, -0.1) is 11.3 Å². The minimum atomic E-state index is -1.35. The fourth-order valence-electron chi connectivity index (χ4n) is 5.31. The molecule has 0 radical (unpaired) electrons. The van der Waals surface area contributed by atoms with Crippen molar-refractivity contribution in [2.24, 2.45) is 0 Å². The summed E-state index contributed by atoms with van der Waals surface area (Å²) in [6.45, 7) is 0. The van der Waals surface area contributed by atoms with Crippen LogP contribution in [0.4, 0.5) is 5.69 Å². The third-order valence-electron chi connectivity index (χ3n) is 7.80. The van der Waals surface area contributed by atoms with E-state index in [9.17, 15) is 19.8 Å². The molecule has 0 saturated heterocycles. The van der Waals surface area contributed by atoms with Crippen LogP contribution >= 0.6 is 75.1 Å². The molecule has 0 fully saturated rings. The molecule has 0 spiro atoms. The number of carboxylic acids is 1. The number of hydrogen-bond donors (Lipinski definition) is 0. The molecule has 0 unspecified atom stereocenters. The fourth-order valence-corrected chi connectivity index (χ4v) is 8.75. The molecule has 2 heterocycles. The number of aromatic nitrogens is 1. The third kappa shape index (κ3) is 8.87. The smallest absolute Gasteiger partial charge is 1.00 e. The summed E-state index contributed by atoms with van der Waals surface area (Å²) in [5.41, 5.74) is 4.50. The zero-order chi connectivity index (χ0) is 35.3. The first-order valence-corrected chi connectivity index (χ1v) is 18.5. The second-order valence-corrected chi connectivity index (χ2v) is 15.8. The molecule has 0 saturated carbocycles. The van der Waals surface area contributed by atoms with Gasteiger partial charge in [0.15, 0.2) is 5.76 Å². The van der Waals surface area contributed by atoms with E-state index >= 15 is 0 Å². The van der Waals surface area contributed by atoms with Gasteiger partial charge in [0.1, 0.15) is 24.2 Å². The minimum absolute atomic E-state index is 0. The largest absolute Gasteiger partial charge is 1.00 e. The second kappa shape index (κ2) is 18.5. The maximum Gasteiger partial charge on any atom is 1.00 e. The number of fused-ring (bicyclic) bond motifs is 4. The molecule has 8 nitrogen and oxygen atoms in total. The van der Waals surface area contributed by atoms with Crippen molar-refractivity contribution in [1.29, 1.82) is 0 Å². The van der Waals surface area contributed by atoms with Gasteiger partial charge in [0.05, 0.1) is 35.7 Å². The van der Waals surface area contributed by atoms with Gasteiger partial charge in [0.25, 0.3) is 0 Å². The van der Waals surface area contributed by atoms with Crippen molar-refractivity contribution in [3.8, 4) is 38.8 Å². The Morgan fingerprint density at radius 1 is 0.885 bits per heavy atom. The third-order valence-corrected chi connectivity index (χ3v) is 11.5. The predicted octanol–water partition coefficient (Wildman–Crippen LogP) is -1.44. The molecule has 0 bridgehead atoms. The zero-order valence-corrected chi connectivity index (χ0v) is 40.5. The Morgan fingerprint density at radius 2 is 1.58 bits per heavy atom. The van der Waals surface area contributed by atoms with Crippen molar-refractivity contribution in [3.63, 3.8) is 0 Å². The second-order valence-electron chi connectivity index (χ2n) is 11.4. The molecular weight excluding hydrogens is 988 g/mol. The van der Waals surface area contributed by atoms with Crippen LogP contribution in [0.5, 0.6) is 5.75 Å². The Hall–Kier alpha value is -1.33. The summed E-state index contributed by atoms with van der Waals surface area (Å²) in [6.07, 6.45) is 0. The van der Waals surface area contributed by atoms with E-state index in [0.29, 0.717) is 22.1 Å². The van der Waals surface area contributed by atoms with Gasteiger partial charge in [-0.25, -0.2) is 9.56 Å². The van der Waals surface area contributed by atoms with Crippen LogP contribution in [0.1, 0.15) is 10.4 Å². The van der Waals surface area contributed by atoms with Crippen LogP contribution in [0.2, 0.25) is 0 Å². The number of nitrogens with zero attached hydrogens (tertiary/aromatic N) is 3. The molecule has 0 atom stereocenters. The molecule has 52 heavy (non-hydrogen) atoms. The van der Waals surface area contributed by atoms with E-state index in [4.69, 9.17) is 9.40 Å².